The van der Waals surface area contributed by atoms with Crippen LogP contribution in [0, 0.1) is 12.7 Å². The molecule has 0 saturated heterocycles. The normalized spacial score (nSPS) is 10.2. The van der Waals surface area contributed by atoms with Crippen LogP contribution in [-0.2, 0) is 0 Å². The van der Waals surface area contributed by atoms with Crippen molar-refractivity contribution in [1.29, 1.82) is 0 Å². The number of hydrogen-bond acceptors (Lipinski definition) is 3. The third-order valence-electron chi connectivity index (χ3n) is 1.77. The maximum Gasteiger partial charge on any atom is 0.183 e. The van der Waals surface area contributed by atoms with E-state index in [4.69, 9.17) is 22.1 Å². The fraction of sp³-hybridized carbons (Fsp3) is 0.250. The van der Waals surface area contributed by atoms with E-state index in [0.29, 0.717) is 0 Å². The molecule has 1 aromatic rings. The second-order valence-electron chi connectivity index (χ2n) is 2.55. The largest absolute Gasteiger partial charge is 0.503 e. The molecular formula is C8H9ClFNO2. The molecule has 0 heterocycles. The van der Waals surface area contributed by atoms with Gasteiger partial charge in [-0.15, -0.1) is 0 Å². The van der Waals surface area contributed by atoms with Gasteiger partial charge in [0.05, 0.1) is 12.8 Å². The summed E-state index contributed by atoms with van der Waals surface area (Å²) in [5.74, 6) is -0.986. The Morgan fingerprint density at radius 3 is 2.54 bits per heavy atom. The first kappa shape index (κ1) is 9.92. The summed E-state index contributed by atoms with van der Waals surface area (Å²) in [5.41, 5.74) is 5.26. The lowest BCUT2D eigenvalue weighted by atomic mass is 10.1. The van der Waals surface area contributed by atoms with Gasteiger partial charge in [0.15, 0.2) is 17.3 Å². The Labute approximate surface area is 79.9 Å². The van der Waals surface area contributed by atoms with Crippen LogP contribution in [0.2, 0.25) is 5.02 Å². The van der Waals surface area contributed by atoms with Crippen molar-refractivity contribution in [2.75, 3.05) is 12.8 Å². The van der Waals surface area contributed by atoms with E-state index in [2.05, 4.69) is 0 Å². The summed E-state index contributed by atoms with van der Waals surface area (Å²) in [6.45, 7) is 1.44. The van der Waals surface area contributed by atoms with Gasteiger partial charge in [-0.3, -0.25) is 0 Å². The van der Waals surface area contributed by atoms with E-state index in [1.54, 1.807) is 0 Å². The zero-order chi connectivity index (χ0) is 10.2. The maximum absolute atomic E-state index is 13.2. The molecule has 0 fully saturated rings. The summed E-state index contributed by atoms with van der Waals surface area (Å²) < 4.78 is 18.0. The summed E-state index contributed by atoms with van der Waals surface area (Å²) in [7, 11) is 1.31. The minimum absolute atomic E-state index is 0.0133. The average molecular weight is 206 g/mol. The van der Waals surface area contributed by atoms with E-state index >= 15 is 0 Å². The van der Waals surface area contributed by atoms with Gasteiger partial charge in [-0.05, 0) is 6.92 Å². The highest BCUT2D eigenvalue weighted by molar-refractivity contribution is 6.33. The molecule has 3 nitrogen and oxygen atoms in total. The molecule has 0 aliphatic carbocycles. The van der Waals surface area contributed by atoms with E-state index < -0.39 is 5.82 Å². The lowest BCUT2D eigenvalue weighted by Gasteiger charge is -2.11. The van der Waals surface area contributed by atoms with Gasteiger partial charge in [0.25, 0.3) is 0 Å². The predicted octanol–water partition coefficient (Wildman–Crippen LogP) is 2.08. The van der Waals surface area contributed by atoms with Crippen molar-refractivity contribution in [3.63, 3.8) is 0 Å². The molecular weight excluding hydrogens is 197 g/mol. The van der Waals surface area contributed by atoms with E-state index in [9.17, 15) is 9.50 Å². The van der Waals surface area contributed by atoms with Crippen molar-refractivity contribution in [3.8, 4) is 11.5 Å². The summed E-state index contributed by atoms with van der Waals surface area (Å²) >= 11 is 5.50. The van der Waals surface area contributed by atoms with Crippen LogP contribution in [0.3, 0.4) is 0 Å². The second kappa shape index (κ2) is 3.30. The molecule has 3 N–H and O–H groups in total. The number of anilines is 1. The highest BCUT2D eigenvalue weighted by atomic mass is 35.5. The Balaban J connectivity index is 3.56. The number of nitrogens with two attached hydrogens (primary N) is 1. The van der Waals surface area contributed by atoms with Gasteiger partial charge >= 0.3 is 0 Å². The van der Waals surface area contributed by atoms with Crippen molar-refractivity contribution in [2.24, 2.45) is 0 Å². The van der Waals surface area contributed by atoms with Crippen molar-refractivity contribution in [2.45, 2.75) is 6.92 Å². The van der Waals surface area contributed by atoms with E-state index in [-0.39, 0.29) is 27.8 Å². The monoisotopic (exact) mass is 205 g/mol. The first-order chi connectivity index (χ1) is 6.00. The van der Waals surface area contributed by atoms with E-state index in [1.165, 1.54) is 14.0 Å². The molecule has 0 atom stereocenters. The van der Waals surface area contributed by atoms with Gasteiger partial charge in [-0.1, -0.05) is 11.6 Å². The van der Waals surface area contributed by atoms with Crippen LogP contribution in [-0.4, -0.2) is 12.2 Å². The van der Waals surface area contributed by atoms with Gasteiger partial charge in [-0.25, -0.2) is 4.39 Å². The van der Waals surface area contributed by atoms with Crippen LogP contribution < -0.4 is 10.5 Å². The number of ether oxygens (including phenoxy) is 1. The first-order valence-electron chi connectivity index (χ1n) is 3.50. The van der Waals surface area contributed by atoms with Crippen LogP contribution >= 0.6 is 11.6 Å². The lowest BCUT2D eigenvalue weighted by molar-refractivity contribution is 0.368. The van der Waals surface area contributed by atoms with Crippen molar-refractivity contribution >= 4 is 17.3 Å². The zero-order valence-corrected chi connectivity index (χ0v) is 7.94. The minimum atomic E-state index is -0.672. The van der Waals surface area contributed by atoms with Crippen LogP contribution in [0.15, 0.2) is 0 Å². The molecule has 0 spiro atoms. The van der Waals surface area contributed by atoms with E-state index in [1.807, 2.05) is 0 Å². The Kier molecular flexibility index (Phi) is 2.52. The summed E-state index contributed by atoms with van der Waals surface area (Å²) in [5, 5.41) is 9.10. The molecule has 0 unspecified atom stereocenters. The number of aromatic hydroxyl groups is 1. The molecule has 5 heteroatoms. The number of hydrogen-bond donors (Lipinski definition) is 2. The molecule has 0 bridgehead atoms. The van der Waals surface area contributed by atoms with Crippen molar-refractivity contribution in [3.05, 3.63) is 16.4 Å². The quantitative estimate of drug-likeness (QED) is 0.545. The minimum Gasteiger partial charge on any atom is -0.503 e. The van der Waals surface area contributed by atoms with Gasteiger partial charge in [0.2, 0.25) is 0 Å². The Morgan fingerprint density at radius 1 is 1.54 bits per heavy atom. The van der Waals surface area contributed by atoms with Gasteiger partial charge in [0, 0.05) is 5.56 Å². The lowest BCUT2D eigenvalue weighted by Crippen LogP contribution is -1.98. The smallest absolute Gasteiger partial charge is 0.183 e. The standard InChI is InChI=1S/C8H9ClFNO2/c1-3-5(10)4(9)6(11)7(12)8(3)13-2/h12H,11H2,1-2H3. The SMILES string of the molecule is COc1c(C)c(F)c(Cl)c(N)c1O. The highest BCUT2D eigenvalue weighted by Gasteiger charge is 2.19. The molecule has 1 aromatic carbocycles. The Hall–Kier alpha value is -1.16. The molecule has 13 heavy (non-hydrogen) atoms. The molecule has 0 saturated carbocycles. The summed E-state index contributed by atoms with van der Waals surface area (Å²) in [6.07, 6.45) is 0. The molecule has 0 radical (unpaired) electrons. The number of methoxy groups -OCH3 is 1. The molecule has 0 aromatic heterocycles. The average Bonchev–Trinajstić information content (AvgIpc) is 2.13. The Bertz CT molecular complexity index is 325. The van der Waals surface area contributed by atoms with E-state index in [0.717, 1.165) is 0 Å². The number of phenols is 1. The summed E-state index contributed by atoms with van der Waals surface area (Å²) in [6, 6.07) is 0. The maximum atomic E-state index is 13.2. The van der Waals surface area contributed by atoms with Crippen molar-refractivity contribution in [1.82, 2.24) is 0 Å². The number of halogens is 2. The number of nitrogen functional groups attached to an aromatic ring is 1. The van der Waals surface area contributed by atoms with Crippen LogP contribution in [0.1, 0.15) is 5.56 Å². The fourth-order valence-corrected chi connectivity index (χ4v) is 1.27. The second-order valence-corrected chi connectivity index (χ2v) is 2.93. The number of benzene rings is 1. The van der Waals surface area contributed by atoms with Crippen LogP contribution in [0.5, 0.6) is 11.5 Å². The third kappa shape index (κ3) is 1.37. The Morgan fingerprint density at radius 2 is 2.08 bits per heavy atom. The van der Waals surface area contributed by atoms with Gasteiger partial charge < -0.3 is 15.6 Å². The number of phenolic OH excluding ortho intramolecular Hbond substituents is 1. The topological polar surface area (TPSA) is 55.5 Å². The molecule has 0 aliphatic rings. The van der Waals surface area contributed by atoms with Crippen LogP contribution in [0.4, 0.5) is 10.1 Å². The van der Waals surface area contributed by atoms with Gasteiger partial charge in [-0.2, -0.15) is 0 Å². The molecule has 1 rings (SSSR count). The molecule has 72 valence electrons. The molecule has 0 amide bonds. The predicted molar refractivity (Wildman–Crippen MR) is 48.8 cm³/mol. The molecule has 0 aliphatic heterocycles. The fourth-order valence-electron chi connectivity index (χ4n) is 1.04. The first-order valence-corrected chi connectivity index (χ1v) is 3.88. The highest BCUT2D eigenvalue weighted by Crippen LogP contribution is 2.42. The summed E-state index contributed by atoms with van der Waals surface area (Å²) in [4.78, 5) is 0. The van der Waals surface area contributed by atoms with Crippen LogP contribution in [0.25, 0.3) is 0 Å². The van der Waals surface area contributed by atoms with Crippen molar-refractivity contribution < 1.29 is 14.2 Å². The van der Waals surface area contributed by atoms with Gasteiger partial charge in [0.1, 0.15) is 5.02 Å². The zero-order valence-electron chi connectivity index (χ0n) is 7.19. The third-order valence-corrected chi connectivity index (χ3v) is 2.14. The number of rotatable bonds is 1.